The van der Waals surface area contributed by atoms with E-state index < -0.39 is 0 Å². The molecule has 0 aliphatic carbocycles. The number of rotatable bonds is 3. The summed E-state index contributed by atoms with van der Waals surface area (Å²) >= 11 is 1.55. The molecule has 0 saturated heterocycles. The molecule has 5 heteroatoms. The molecule has 18 heavy (non-hydrogen) atoms. The third kappa shape index (κ3) is 2.93. The maximum atomic E-state index is 11.9. The van der Waals surface area contributed by atoms with Gasteiger partial charge in [0.2, 0.25) is 0 Å². The van der Waals surface area contributed by atoms with E-state index in [0.717, 1.165) is 9.88 Å². The SMILES string of the molecule is Cc1ncc(CNC(=O)c2cccc(C#N)c2)s1. The van der Waals surface area contributed by atoms with E-state index in [1.54, 1.807) is 41.8 Å². The molecule has 1 heterocycles. The standard InChI is InChI=1S/C13H11N3OS/c1-9-15-7-12(18-9)8-16-13(17)11-4-2-3-10(5-11)6-14/h2-5,7H,8H2,1H3,(H,16,17). The van der Waals surface area contributed by atoms with Gasteiger partial charge in [-0.3, -0.25) is 4.79 Å². The summed E-state index contributed by atoms with van der Waals surface area (Å²) in [5.74, 6) is -0.182. The fourth-order valence-electron chi connectivity index (χ4n) is 1.49. The van der Waals surface area contributed by atoms with Crippen LogP contribution in [0.3, 0.4) is 0 Å². The Morgan fingerprint density at radius 1 is 1.56 bits per heavy atom. The predicted octanol–water partition coefficient (Wildman–Crippen LogP) is 2.25. The van der Waals surface area contributed by atoms with E-state index in [4.69, 9.17) is 5.26 Å². The third-order valence-electron chi connectivity index (χ3n) is 2.35. The molecule has 0 fully saturated rings. The molecule has 0 unspecified atom stereocenters. The number of aryl methyl sites for hydroxylation is 1. The summed E-state index contributed by atoms with van der Waals surface area (Å²) in [7, 11) is 0. The minimum atomic E-state index is -0.182. The van der Waals surface area contributed by atoms with Crippen molar-refractivity contribution < 1.29 is 4.79 Å². The van der Waals surface area contributed by atoms with Gasteiger partial charge in [0.05, 0.1) is 23.2 Å². The third-order valence-corrected chi connectivity index (χ3v) is 3.26. The monoisotopic (exact) mass is 257 g/mol. The Morgan fingerprint density at radius 3 is 3.06 bits per heavy atom. The number of hydrogen-bond acceptors (Lipinski definition) is 4. The van der Waals surface area contributed by atoms with Gasteiger partial charge in [-0.05, 0) is 25.1 Å². The highest BCUT2D eigenvalue weighted by molar-refractivity contribution is 7.11. The summed E-state index contributed by atoms with van der Waals surface area (Å²) in [6.07, 6.45) is 1.76. The Kier molecular flexibility index (Phi) is 3.70. The lowest BCUT2D eigenvalue weighted by Crippen LogP contribution is -2.22. The van der Waals surface area contributed by atoms with Crippen molar-refractivity contribution in [2.75, 3.05) is 0 Å². The summed E-state index contributed by atoms with van der Waals surface area (Å²) in [4.78, 5) is 17.0. The summed E-state index contributed by atoms with van der Waals surface area (Å²) in [5, 5.41) is 12.5. The van der Waals surface area contributed by atoms with Crippen LogP contribution in [0, 0.1) is 18.3 Å². The molecule has 1 aromatic carbocycles. The van der Waals surface area contributed by atoms with Crippen molar-refractivity contribution in [3.63, 3.8) is 0 Å². The van der Waals surface area contributed by atoms with Gasteiger partial charge in [0.1, 0.15) is 0 Å². The summed E-state index contributed by atoms with van der Waals surface area (Å²) in [6.45, 7) is 2.38. The minimum absolute atomic E-state index is 0.182. The molecule has 0 radical (unpaired) electrons. The van der Waals surface area contributed by atoms with Crippen LogP contribution in [0.4, 0.5) is 0 Å². The van der Waals surface area contributed by atoms with Crippen LogP contribution in [-0.4, -0.2) is 10.9 Å². The van der Waals surface area contributed by atoms with Crippen molar-refractivity contribution in [3.05, 3.63) is 51.5 Å². The number of thiazole rings is 1. The number of amides is 1. The highest BCUT2D eigenvalue weighted by Crippen LogP contribution is 2.11. The Labute approximate surface area is 109 Å². The summed E-state index contributed by atoms with van der Waals surface area (Å²) < 4.78 is 0. The van der Waals surface area contributed by atoms with Gasteiger partial charge in [-0.15, -0.1) is 11.3 Å². The van der Waals surface area contributed by atoms with E-state index in [2.05, 4.69) is 10.3 Å². The fraction of sp³-hybridized carbons (Fsp3) is 0.154. The van der Waals surface area contributed by atoms with E-state index in [1.807, 2.05) is 13.0 Å². The predicted molar refractivity (Wildman–Crippen MR) is 69.2 cm³/mol. The number of nitrogens with zero attached hydrogens (tertiary/aromatic N) is 2. The zero-order valence-electron chi connectivity index (χ0n) is 9.80. The quantitative estimate of drug-likeness (QED) is 0.917. The van der Waals surface area contributed by atoms with Crippen molar-refractivity contribution in [2.45, 2.75) is 13.5 Å². The first-order valence-electron chi connectivity index (χ1n) is 5.38. The molecule has 0 atom stereocenters. The van der Waals surface area contributed by atoms with Crippen molar-refractivity contribution in [1.82, 2.24) is 10.3 Å². The summed E-state index contributed by atoms with van der Waals surface area (Å²) in [5.41, 5.74) is 0.978. The van der Waals surface area contributed by atoms with Crippen molar-refractivity contribution in [1.29, 1.82) is 5.26 Å². The highest BCUT2D eigenvalue weighted by Gasteiger charge is 2.06. The maximum Gasteiger partial charge on any atom is 0.251 e. The molecule has 1 amide bonds. The van der Waals surface area contributed by atoms with Crippen molar-refractivity contribution in [2.24, 2.45) is 0 Å². The van der Waals surface area contributed by atoms with Crippen LogP contribution >= 0.6 is 11.3 Å². The zero-order chi connectivity index (χ0) is 13.0. The Balaban J connectivity index is 2.01. The van der Waals surface area contributed by atoms with Crippen LogP contribution in [0.5, 0.6) is 0 Å². The average molecular weight is 257 g/mol. The number of benzene rings is 1. The Morgan fingerprint density at radius 2 is 2.39 bits per heavy atom. The Hall–Kier alpha value is -2.19. The van der Waals surface area contributed by atoms with Crippen molar-refractivity contribution >= 4 is 17.2 Å². The van der Waals surface area contributed by atoms with Crippen molar-refractivity contribution in [3.8, 4) is 6.07 Å². The molecule has 90 valence electrons. The van der Waals surface area contributed by atoms with E-state index in [0.29, 0.717) is 17.7 Å². The number of nitrogens with one attached hydrogen (secondary N) is 1. The lowest BCUT2D eigenvalue weighted by Gasteiger charge is -2.03. The first kappa shape index (κ1) is 12.3. The molecule has 2 aromatic rings. The topological polar surface area (TPSA) is 65.8 Å². The van der Waals surface area contributed by atoms with Gasteiger partial charge in [0.25, 0.3) is 5.91 Å². The van der Waals surface area contributed by atoms with Crippen LogP contribution in [0.1, 0.15) is 25.8 Å². The molecule has 1 aromatic heterocycles. The van der Waals surface area contributed by atoms with E-state index in [1.165, 1.54) is 0 Å². The molecular weight excluding hydrogens is 246 g/mol. The molecule has 0 spiro atoms. The molecular formula is C13H11N3OS. The number of aromatic nitrogens is 1. The molecule has 0 aliphatic rings. The molecule has 1 N–H and O–H groups in total. The molecule has 0 saturated carbocycles. The number of hydrogen-bond donors (Lipinski definition) is 1. The number of nitriles is 1. The molecule has 4 nitrogen and oxygen atoms in total. The first-order valence-corrected chi connectivity index (χ1v) is 6.20. The van der Waals surface area contributed by atoms with Gasteiger partial charge in [-0.2, -0.15) is 5.26 Å². The second-order valence-electron chi connectivity index (χ2n) is 3.72. The van der Waals surface area contributed by atoms with Gasteiger partial charge in [-0.1, -0.05) is 6.07 Å². The van der Waals surface area contributed by atoms with Crippen LogP contribution in [0.2, 0.25) is 0 Å². The minimum Gasteiger partial charge on any atom is -0.347 e. The van der Waals surface area contributed by atoms with Gasteiger partial charge < -0.3 is 5.32 Å². The van der Waals surface area contributed by atoms with Crippen LogP contribution in [-0.2, 0) is 6.54 Å². The molecule has 0 bridgehead atoms. The summed E-state index contributed by atoms with van der Waals surface area (Å²) in [6, 6.07) is 8.65. The van der Waals surface area contributed by atoms with Gasteiger partial charge in [-0.25, -0.2) is 4.98 Å². The average Bonchev–Trinajstić information content (AvgIpc) is 2.82. The first-order chi connectivity index (χ1) is 8.69. The van der Waals surface area contributed by atoms with E-state index in [-0.39, 0.29) is 5.91 Å². The van der Waals surface area contributed by atoms with Gasteiger partial charge >= 0.3 is 0 Å². The zero-order valence-corrected chi connectivity index (χ0v) is 10.6. The number of carbonyl (C=O) groups excluding carboxylic acids is 1. The molecule has 0 aliphatic heterocycles. The highest BCUT2D eigenvalue weighted by atomic mass is 32.1. The van der Waals surface area contributed by atoms with Crippen LogP contribution in [0.25, 0.3) is 0 Å². The lowest BCUT2D eigenvalue weighted by atomic mass is 10.1. The smallest absolute Gasteiger partial charge is 0.251 e. The molecule has 2 rings (SSSR count). The fourth-order valence-corrected chi connectivity index (χ4v) is 2.22. The largest absolute Gasteiger partial charge is 0.347 e. The van der Waals surface area contributed by atoms with Crippen LogP contribution < -0.4 is 5.32 Å². The lowest BCUT2D eigenvalue weighted by molar-refractivity contribution is 0.0951. The second kappa shape index (κ2) is 5.43. The number of carbonyl (C=O) groups is 1. The van der Waals surface area contributed by atoms with Crippen LogP contribution in [0.15, 0.2) is 30.5 Å². The maximum absolute atomic E-state index is 11.9. The second-order valence-corrected chi connectivity index (χ2v) is 5.04. The normalized spacial score (nSPS) is 9.78. The van der Waals surface area contributed by atoms with Gasteiger partial charge in [0, 0.05) is 16.6 Å². The Bertz CT molecular complexity index is 613. The van der Waals surface area contributed by atoms with E-state index in [9.17, 15) is 4.79 Å². The van der Waals surface area contributed by atoms with Gasteiger partial charge in [0.15, 0.2) is 0 Å². The van der Waals surface area contributed by atoms with E-state index >= 15 is 0 Å².